The van der Waals surface area contributed by atoms with Gasteiger partial charge in [-0.2, -0.15) is 0 Å². The third kappa shape index (κ3) is 3.67. The van der Waals surface area contributed by atoms with Crippen molar-refractivity contribution in [1.82, 2.24) is 0 Å². The second-order valence-electron chi connectivity index (χ2n) is 1.15. The van der Waals surface area contributed by atoms with Gasteiger partial charge in [0, 0.05) is 0 Å². The topological polar surface area (TPSA) is 0 Å². The van der Waals surface area contributed by atoms with E-state index in [1.165, 1.54) is 6.08 Å². The molecule has 0 atom stereocenters. The van der Waals surface area contributed by atoms with Crippen molar-refractivity contribution in [2.45, 2.75) is 19.8 Å². The second kappa shape index (κ2) is 4.67. The summed E-state index contributed by atoms with van der Waals surface area (Å²) in [7, 11) is 0. The number of unbranched alkanes of at least 4 members (excludes halogenated alkanes) is 1. The van der Waals surface area contributed by atoms with Crippen LogP contribution >= 0.6 is 0 Å². The minimum absolute atomic E-state index is 0.587. The first-order chi connectivity index (χ1) is 2.91. The van der Waals surface area contributed by atoms with Crippen LogP contribution in [0.3, 0.4) is 0 Å². The van der Waals surface area contributed by atoms with E-state index in [4.69, 9.17) is 0 Å². The molecule has 0 aliphatic heterocycles. The summed E-state index contributed by atoms with van der Waals surface area (Å²) < 4.78 is 11.0. The minimum Gasteiger partial charge on any atom is -0.216 e. The van der Waals surface area contributed by atoms with Gasteiger partial charge in [-0.05, 0) is 6.42 Å². The van der Waals surface area contributed by atoms with E-state index in [9.17, 15) is 4.39 Å². The molecule has 0 aromatic carbocycles. The Bertz CT molecular complexity index is 39.2. The summed E-state index contributed by atoms with van der Waals surface area (Å²) in [4.78, 5) is 0. The lowest BCUT2D eigenvalue weighted by Gasteiger charge is -1.74. The molecule has 0 saturated heterocycles. The summed E-state index contributed by atoms with van der Waals surface area (Å²) in [5.41, 5.74) is 0. The van der Waals surface area contributed by atoms with Crippen LogP contribution in [-0.4, -0.2) is 0 Å². The van der Waals surface area contributed by atoms with Gasteiger partial charge in [0.25, 0.3) is 0 Å². The predicted octanol–water partition coefficient (Wildman–Crippen LogP) is 2.27. The normalized spacial score (nSPS) is 10.3. The van der Waals surface area contributed by atoms with Crippen LogP contribution in [0.1, 0.15) is 19.8 Å². The Morgan fingerprint density at radius 1 is 1.67 bits per heavy atom. The predicted molar refractivity (Wildman–Crippen MR) is 25.2 cm³/mol. The Balaban J connectivity index is 2.66. The fourth-order valence-corrected chi connectivity index (χ4v) is 0.230. The molecule has 0 fully saturated rings. The summed E-state index contributed by atoms with van der Waals surface area (Å²) >= 11 is 0. The molecule has 0 aliphatic carbocycles. The highest BCUT2D eigenvalue weighted by Gasteiger charge is 1.66. The molecule has 36 valence electrons. The molecule has 0 N–H and O–H groups in total. The van der Waals surface area contributed by atoms with Crippen LogP contribution in [0.4, 0.5) is 4.39 Å². The molecule has 6 heavy (non-hydrogen) atoms. The van der Waals surface area contributed by atoms with Crippen molar-refractivity contribution in [2.24, 2.45) is 0 Å². The van der Waals surface area contributed by atoms with E-state index in [0.717, 1.165) is 12.8 Å². The van der Waals surface area contributed by atoms with Crippen LogP contribution in [0.2, 0.25) is 0 Å². The molecule has 0 heterocycles. The highest BCUT2D eigenvalue weighted by Crippen LogP contribution is 1.86. The lowest BCUT2D eigenvalue weighted by atomic mass is 10.3. The Hall–Kier alpha value is -0.330. The second-order valence-corrected chi connectivity index (χ2v) is 1.15. The summed E-state index contributed by atoms with van der Waals surface area (Å²) in [6.45, 7) is 2.01. The van der Waals surface area contributed by atoms with Gasteiger partial charge in [0.05, 0.1) is 6.33 Å². The molecule has 0 aromatic rings. The largest absolute Gasteiger partial charge is 0.216 e. The highest BCUT2D eigenvalue weighted by molar-refractivity contribution is 4.69. The number of hydrogen-bond acceptors (Lipinski definition) is 0. The van der Waals surface area contributed by atoms with Crippen molar-refractivity contribution in [3.8, 4) is 0 Å². The molecule has 0 amide bonds. The summed E-state index contributed by atoms with van der Waals surface area (Å²) in [5, 5.41) is 0. The van der Waals surface area contributed by atoms with Crippen LogP contribution in [0.25, 0.3) is 0 Å². The van der Waals surface area contributed by atoms with Crippen molar-refractivity contribution < 1.29 is 4.39 Å². The average molecular weight is 88.1 g/mol. The lowest BCUT2D eigenvalue weighted by molar-refractivity contribution is 0.712. The van der Waals surface area contributed by atoms with Crippen molar-refractivity contribution in [2.75, 3.05) is 0 Å². The van der Waals surface area contributed by atoms with E-state index in [0.29, 0.717) is 6.33 Å². The molecular weight excluding hydrogens is 79.1 g/mol. The smallest absolute Gasteiger partial charge is 0.0827 e. The zero-order valence-electron chi connectivity index (χ0n) is 3.95. The van der Waals surface area contributed by atoms with Gasteiger partial charge in [-0.3, -0.25) is 0 Å². The van der Waals surface area contributed by atoms with Crippen LogP contribution < -0.4 is 0 Å². The molecular formula is C5H9F. The first-order valence-electron chi connectivity index (χ1n) is 2.17. The molecule has 0 spiro atoms. The molecule has 0 radical (unpaired) electrons. The quantitative estimate of drug-likeness (QED) is 0.485. The van der Waals surface area contributed by atoms with E-state index >= 15 is 0 Å². The summed E-state index contributed by atoms with van der Waals surface area (Å²) in [6.07, 6.45) is 3.99. The monoisotopic (exact) mass is 88.1 g/mol. The van der Waals surface area contributed by atoms with Crippen molar-refractivity contribution in [3.63, 3.8) is 0 Å². The maximum absolute atomic E-state index is 11.0. The molecule has 0 unspecified atom stereocenters. The van der Waals surface area contributed by atoms with E-state index in [2.05, 4.69) is 0 Å². The van der Waals surface area contributed by atoms with E-state index in [-0.39, 0.29) is 0 Å². The number of halogens is 1. The number of hydrogen-bond donors (Lipinski definition) is 0. The fraction of sp³-hybridized carbons (Fsp3) is 0.600. The highest BCUT2D eigenvalue weighted by atomic mass is 19.1. The van der Waals surface area contributed by atoms with Gasteiger partial charge in [0.1, 0.15) is 0 Å². The molecule has 0 nitrogen and oxygen atoms in total. The summed E-state index contributed by atoms with van der Waals surface area (Å²) in [5.74, 6) is 0. The van der Waals surface area contributed by atoms with E-state index < -0.39 is 0 Å². The van der Waals surface area contributed by atoms with Gasteiger partial charge in [-0.1, -0.05) is 19.4 Å². The first-order valence-corrected chi connectivity index (χ1v) is 2.17. The zero-order chi connectivity index (χ0) is 4.83. The first kappa shape index (κ1) is 5.67. The molecule has 0 aromatic heterocycles. The molecule has 1 heteroatoms. The summed E-state index contributed by atoms with van der Waals surface area (Å²) in [6, 6.07) is 0. The third-order valence-corrected chi connectivity index (χ3v) is 0.544. The van der Waals surface area contributed by atoms with Crippen LogP contribution in [0.15, 0.2) is 12.4 Å². The van der Waals surface area contributed by atoms with Gasteiger partial charge in [0.2, 0.25) is 0 Å². The van der Waals surface area contributed by atoms with Gasteiger partial charge in [0.15, 0.2) is 0 Å². The molecule has 0 saturated carbocycles. The van der Waals surface area contributed by atoms with Crippen LogP contribution in [-0.2, 0) is 0 Å². The minimum atomic E-state index is 0.587. The van der Waals surface area contributed by atoms with E-state index in [1.54, 1.807) is 0 Å². The van der Waals surface area contributed by atoms with Gasteiger partial charge < -0.3 is 0 Å². The van der Waals surface area contributed by atoms with Gasteiger partial charge in [-0.15, -0.1) is 0 Å². The van der Waals surface area contributed by atoms with Gasteiger partial charge >= 0.3 is 0 Å². The number of allylic oxidation sites excluding steroid dienone is 1. The Morgan fingerprint density at radius 3 is 2.50 bits per heavy atom. The van der Waals surface area contributed by atoms with E-state index in [1.807, 2.05) is 6.92 Å². The van der Waals surface area contributed by atoms with Crippen molar-refractivity contribution >= 4 is 0 Å². The standard InChI is InChI=1S/C5H9F/c1-2-3-4-5-6/h4-5H,2-3H2,1H3/b5-4-. The third-order valence-electron chi connectivity index (χ3n) is 0.544. The Morgan fingerprint density at radius 2 is 2.33 bits per heavy atom. The Kier molecular flexibility index (Phi) is 4.41. The maximum atomic E-state index is 11.0. The van der Waals surface area contributed by atoms with Crippen LogP contribution in [0.5, 0.6) is 0 Å². The lowest BCUT2D eigenvalue weighted by Crippen LogP contribution is -1.55. The van der Waals surface area contributed by atoms with Gasteiger partial charge in [-0.25, -0.2) is 4.39 Å². The molecule has 0 rings (SSSR count). The SMILES string of the molecule is CCC/C=C\F. The van der Waals surface area contributed by atoms with Crippen molar-refractivity contribution in [3.05, 3.63) is 12.4 Å². The average Bonchev–Trinajstić information content (AvgIpc) is 1.61. The zero-order valence-corrected chi connectivity index (χ0v) is 3.95. The molecule has 0 bridgehead atoms. The fourth-order valence-electron chi connectivity index (χ4n) is 0.230. The maximum Gasteiger partial charge on any atom is 0.0827 e. The van der Waals surface area contributed by atoms with Crippen molar-refractivity contribution in [1.29, 1.82) is 0 Å². The Labute approximate surface area is 37.7 Å². The number of rotatable bonds is 2. The molecule has 0 aliphatic rings. The van der Waals surface area contributed by atoms with Crippen LogP contribution in [0, 0.1) is 0 Å².